The number of rotatable bonds is 3. The molecule has 1 N–H and O–H groups in total. The zero-order valence-electron chi connectivity index (χ0n) is 12.9. The lowest BCUT2D eigenvalue weighted by atomic mass is 10.0. The van der Waals surface area contributed by atoms with Crippen LogP contribution in [0.1, 0.15) is 29.9 Å². The molecule has 0 bridgehead atoms. The number of aryl methyl sites for hydroxylation is 1. The van der Waals surface area contributed by atoms with Crippen LogP contribution in [0.3, 0.4) is 0 Å². The van der Waals surface area contributed by atoms with Crippen molar-refractivity contribution in [2.45, 2.75) is 26.8 Å². The van der Waals surface area contributed by atoms with Crippen LogP contribution in [0.25, 0.3) is 11.5 Å². The Labute approximate surface area is 125 Å². The van der Waals surface area contributed by atoms with Crippen molar-refractivity contribution in [1.29, 1.82) is 0 Å². The highest BCUT2D eigenvalue weighted by Gasteiger charge is 2.23. The number of benzene rings is 1. The van der Waals surface area contributed by atoms with Crippen LogP contribution in [-0.4, -0.2) is 41.2 Å². The summed E-state index contributed by atoms with van der Waals surface area (Å²) in [6, 6.07) is 6.35. The summed E-state index contributed by atoms with van der Waals surface area (Å²) < 4.78 is 5.50. The number of hydrogen-bond donors (Lipinski definition) is 1. The Kier molecular flexibility index (Phi) is 4.03. The van der Waals surface area contributed by atoms with Gasteiger partial charge < -0.3 is 9.84 Å². The van der Waals surface area contributed by atoms with Crippen LogP contribution in [0, 0.1) is 13.8 Å². The Morgan fingerprint density at radius 1 is 1.24 bits per heavy atom. The molecular formula is C16H22N4O. The first-order chi connectivity index (χ1) is 10.2. The average Bonchev–Trinajstić information content (AvgIpc) is 3.00. The highest BCUT2D eigenvalue weighted by molar-refractivity contribution is 5.60. The van der Waals surface area contributed by atoms with E-state index in [0.29, 0.717) is 5.89 Å². The van der Waals surface area contributed by atoms with Crippen molar-refractivity contribution in [3.63, 3.8) is 0 Å². The summed E-state index contributed by atoms with van der Waals surface area (Å²) >= 11 is 0. The molecule has 2 heterocycles. The molecule has 1 atom stereocenters. The van der Waals surface area contributed by atoms with Crippen LogP contribution >= 0.6 is 0 Å². The Bertz CT molecular complexity index is 616. The number of nitrogens with one attached hydrogen (secondary N) is 1. The fraction of sp³-hybridized carbons (Fsp3) is 0.500. The van der Waals surface area contributed by atoms with Gasteiger partial charge in [-0.15, -0.1) is 0 Å². The number of piperazine rings is 1. The first kappa shape index (κ1) is 14.2. The van der Waals surface area contributed by atoms with Crippen molar-refractivity contribution >= 4 is 0 Å². The fourth-order valence-electron chi connectivity index (χ4n) is 2.73. The summed E-state index contributed by atoms with van der Waals surface area (Å²) in [5.74, 6) is 1.39. The van der Waals surface area contributed by atoms with Gasteiger partial charge in [0.05, 0.1) is 6.04 Å². The zero-order chi connectivity index (χ0) is 14.8. The van der Waals surface area contributed by atoms with Gasteiger partial charge in [0.2, 0.25) is 0 Å². The summed E-state index contributed by atoms with van der Waals surface area (Å²) in [6.07, 6.45) is 0. The van der Waals surface area contributed by atoms with E-state index in [9.17, 15) is 0 Å². The average molecular weight is 286 g/mol. The van der Waals surface area contributed by atoms with Gasteiger partial charge in [0.25, 0.3) is 5.89 Å². The zero-order valence-corrected chi connectivity index (χ0v) is 12.9. The van der Waals surface area contributed by atoms with Gasteiger partial charge in [-0.3, -0.25) is 4.90 Å². The lowest BCUT2D eigenvalue weighted by Gasteiger charge is -2.30. The first-order valence-corrected chi connectivity index (χ1v) is 7.52. The summed E-state index contributed by atoms with van der Waals surface area (Å²) in [5, 5.41) is 7.55. The predicted octanol–water partition coefficient (Wildman–Crippen LogP) is 2.32. The minimum absolute atomic E-state index is 0.190. The second-order valence-corrected chi connectivity index (χ2v) is 5.67. The van der Waals surface area contributed by atoms with E-state index in [1.54, 1.807) is 0 Å². The molecule has 1 aliphatic heterocycles. The van der Waals surface area contributed by atoms with E-state index in [4.69, 9.17) is 4.52 Å². The third-order valence-corrected chi connectivity index (χ3v) is 4.35. The van der Waals surface area contributed by atoms with Crippen molar-refractivity contribution in [2.24, 2.45) is 0 Å². The van der Waals surface area contributed by atoms with E-state index in [1.807, 2.05) is 12.1 Å². The van der Waals surface area contributed by atoms with E-state index >= 15 is 0 Å². The molecule has 21 heavy (non-hydrogen) atoms. The van der Waals surface area contributed by atoms with Gasteiger partial charge in [-0.2, -0.15) is 4.98 Å². The second-order valence-electron chi connectivity index (χ2n) is 5.67. The molecule has 1 aliphatic rings. The Morgan fingerprint density at radius 3 is 2.76 bits per heavy atom. The fourth-order valence-corrected chi connectivity index (χ4v) is 2.73. The molecule has 1 saturated heterocycles. The molecule has 0 radical (unpaired) electrons. The molecule has 0 saturated carbocycles. The van der Waals surface area contributed by atoms with Crippen LogP contribution in [0.2, 0.25) is 0 Å². The highest BCUT2D eigenvalue weighted by Crippen LogP contribution is 2.26. The van der Waals surface area contributed by atoms with Crippen molar-refractivity contribution in [2.75, 3.05) is 26.2 Å². The SMILES string of the molecule is Cc1cccc(-c2nc(C(C)N3CCNCC3)no2)c1C. The molecule has 3 rings (SSSR count). The number of nitrogens with zero attached hydrogens (tertiary/aromatic N) is 3. The standard InChI is InChI=1S/C16H22N4O/c1-11-5-4-6-14(12(11)2)16-18-15(19-21-16)13(3)20-9-7-17-8-10-20/h4-6,13,17H,7-10H2,1-3H3. The summed E-state index contributed by atoms with van der Waals surface area (Å²) in [6.45, 7) is 10.4. The third-order valence-electron chi connectivity index (χ3n) is 4.35. The Hall–Kier alpha value is -1.72. The molecule has 1 aromatic heterocycles. The molecule has 1 aromatic carbocycles. The maximum atomic E-state index is 5.50. The third kappa shape index (κ3) is 2.84. The van der Waals surface area contributed by atoms with Gasteiger partial charge in [-0.05, 0) is 38.0 Å². The topological polar surface area (TPSA) is 54.2 Å². The van der Waals surface area contributed by atoms with Gasteiger partial charge >= 0.3 is 0 Å². The van der Waals surface area contributed by atoms with Crippen LogP contribution < -0.4 is 5.32 Å². The maximum Gasteiger partial charge on any atom is 0.258 e. The Balaban J connectivity index is 1.84. The molecule has 0 spiro atoms. The van der Waals surface area contributed by atoms with E-state index in [-0.39, 0.29) is 6.04 Å². The van der Waals surface area contributed by atoms with E-state index in [0.717, 1.165) is 37.6 Å². The van der Waals surface area contributed by atoms with Gasteiger partial charge in [-0.1, -0.05) is 17.3 Å². The molecule has 1 unspecified atom stereocenters. The van der Waals surface area contributed by atoms with Gasteiger partial charge in [0, 0.05) is 31.7 Å². The Morgan fingerprint density at radius 2 is 2.00 bits per heavy atom. The van der Waals surface area contributed by atoms with Gasteiger partial charge in [0.15, 0.2) is 5.82 Å². The summed E-state index contributed by atoms with van der Waals surface area (Å²) in [7, 11) is 0. The molecular weight excluding hydrogens is 264 g/mol. The van der Waals surface area contributed by atoms with Crippen molar-refractivity contribution in [1.82, 2.24) is 20.4 Å². The smallest absolute Gasteiger partial charge is 0.258 e. The van der Waals surface area contributed by atoms with Gasteiger partial charge in [0.1, 0.15) is 0 Å². The largest absolute Gasteiger partial charge is 0.334 e. The van der Waals surface area contributed by atoms with Crippen LogP contribution in [0.5, 0.6) is 0 Å². The summed E-state index contributed by atoms with van der Waals surface area (Å²) in [4.78, 5) is 7.00. The monoisotopic (exact) mass is 286 g/mol. The molecule has 5 nitrogen and oxygen atoms in total. The normalized spacial score (nSPS) is 17.9. The minimum Gasteiger partial charge on any atom is -0.334 e. The second kappa shape index (κ2) is 5.95. The first-order valence-electron chi connectivity index (χ1n) is 7.52. The molecule has 5 heteroatoms. The van der Waals surface area contributed by atoms with E-state index < -0.39 is 0 Å². The molecule has 2 aromatic rings. The highest BCUT2D eigenvalue weighted by atomic mass is 16.5. The minimum atomic E-state index is 0.190. The lowest BCUT2D eigenvalue weighted by molar-refractivity contribution is 0.176. The summed E-state index contributed by atoms with van der Waals surface area (Å²) in [5.41, 5.74) is 3.46. The molecule has 1 fully saturated rings. The molecule has 112 valence electrons. The van der Waals surface area contributed by atoms with E-state index in [2.05, 4.69) is 47.2 Å². The van der Waals surface area contributed by atoms with Crippen LogP contribution in [0.4, 0.5) is 0 Å². The molecule has 0 aliphatic carbocycles. The van der Waals surface area contributed by atoms with Crippen molar-refractivity contribution in [3.05, 3.63) is 35.2 Å². The maximum absolute atomic E-state index is 5.50. The quantitative estimate of drug-likeness (QED) is 0.938. The van der Waals surface area contributed by atoms with Crippen LogP contribution in [0.15, 0.2) is 22.7 Å². The van der Waals surface area contributed by atoms with Crippen molar-refractivity contribution in [3.8, 4) is 11.5 Å². The van der Waals surface area contributed by atoms with E-state index in [1.165, 1.54) is 11.1 Å². The van der Waals surface area contributed by atoms with Crippen LogP contribution in [-0.2, 0) is 0 Å². The predicted molar refractivity (Wildman–Crippen MR) is 82.1 cm³/mol. The molecule has 0 amide bonds. The number of hydrogen-bond acceptors (Lipinski definition) is 5. The lowest BCUT2D eigenvalue weighted by Crippen LogP contribution is -2.44. The number of aromatic nitrogens is 2. The van der Waals surface area contributed by atoms with Gasteiger partial charge in [-0.25, -0.2) is 0 Å². The van der Waals surface area contributed by atoms with Crippen molar-refractivity contribution < 1.29 is 4.52 Å².